The maximum absolute atomic E-state index is 12.4. The van der Waals surface area contributed by atoms with Crippen LogP contribution in [0, 0.1) is 0 Å². The Kier molecular flexibility index (Phi) is 3.71. The van der Waals surface area contributed by atoms with Gasteiger partial charge in [0.05, 0.1) is 10.5 Å². The summed E-state index contributed by atoms with van der Waals surface area (Å²) in [6.07, 6.45) is 2.94. The molecule has 1 unspecified atom stereocenters. The minimum atomic E-state index is -0.674. The Bertz CT molecular complexity index is 570. The van der Waals surface area contributed by atoms with Crippen LogP contribution in [-0.4, -0.2) is 29.1 Å². The molecule has 0 saturated heterocycles. The highest BCUT2D eigenvalue weighted by Crippen LogP contribution is 2.33. The molecule has 1 atom stereocenters. The second-order valence-electron chi connectivity index (χ2n) is 5.51. The largest absolute Gasteiger partial charge is 0.485 e. The number of rotatable bonds is 3. The number of nitrogens with two attached hydrogens (primary N) is 1. The highest BCUT2D eigenvalue weighted by Gasteiger charge is 2.40. The predicted molar refractivity (Wildman–Crippen MR) is 82.5 cm³/mol. The average Bonchev–Trinajstić information content (AvgIpc) is 2.96. The van der Waals surface area contributed by atoms with Crippen molar-refractivity contribution >= 4 is 23.1 Å². The van der Waals surface area contributed by atoms with Crippen LogP contribution in [0.4, 0.5) is 0 Å². The predicted octanol–water partition coefficient (Wildman–Crippen LogP) is 1.54. The molecule has 2 aliphatic rings. The molecule has 1 aromatic rings. The second kappa shape index (κ2) is 5.52. The first kappa shape index (κ1) is 14.1. The topological polar surface area (TPSA) is 73.6 Å². The first-order valence-electron chi connectivity index (χ1n) is 7.11. The molecular formula is C15H18N2O3S. The molecule has 0 spiro atoms. The van der Waals surface area contributed by atoms with Crippen LogP contribution < -0.4 is 20.5 Å². The summed E-state index contributed by atoms with van der Waals surface area (Å²) in [6, 6.07) is 7.31. The summed E-state index contributed by atoms with van der Waals surface area (Å²) in [6.45, 7) is 0.191. The molecule has 0 aromatic heterocycles. The van der Waals surface area contributed by atoms with Gasteiger partial charge in [-0.25, -0.2) is 0 Å². The van der Waals surface area contributed by atoms with E-state index in [1.165, 1.54) is 0 Å². The van der Waals surface area contributed by atoms with Crippen LogP contribution in [0.25, 0.3) is 0 Å². The van der Waals surface area contributed by atoms with E-state index < -0.39 is 11.6 Å². The number of benzene rings is 1. The number of nitrogens with one attached hydrogen (secondary N) is 1. The van der Waals surface area contributed by atoms with Crippen LogP contribution in [-0.2, 0) is 4.79 Å². The van der Waals surface area contributed by atoms with E-state index in [1.807, 2.05) is 18.2 Å². The minimum absolute atomic E-state index is 0.191. The summed E-state index contributed by atoms with van der Waals surface area (Å²) in [5, 5.41) is 2.98. The summed E-state index contributed by atoms with van der Waals surface area (Å²) < 4.78 is 11.3. The van der Waals surface area contributed by atoms with E-state index >= 15 is 0 Å². The number of fused-ring (bicyclic) bond motifs is 1. The van der Waals surface area contributed by atoms with Crippen LogP contribution in [0.1, 0.15) is 25.7 Å². The number of hydrogen-bond donors (Lipinski definition) is 2. The van der Waals surface area contributed by atoms with Gasteiger partial charge in [0.1, 0.15) is 6.61 Å². The normalized spacial score (nSPS) is 22.6. The summed E-state index contributed by atoms with van der Waals surface area (Å²) in [4.78, 5) is 12.8. The van der Waals surface area contributed by atoms with Crippen molar-refractivity contribution in [2.75, 3.05) is 6.61 Å². The third kappa shape index (κ3) is 2.68. The monoisotopic (exact) mass is 306 g/mol. The lowest BCUT2D eigenvalue weighted by atomic mass is 9.97. The molecule has 1 aromatic carbocycles. The van der Waals surface area contributed by atoms with Gasteiger partial charge in [0, 0.05) is 0 Å². The van der Waals surface area contributed by atoms with Crippen molar-refractivity contribution in [1.29, 1.82) is 0 Å². The average molecular weight is 306 g/mol. The number of amides is 1. The molecule has 1 fully saturated rings. The van der Waals surface area contributed by atoms with Gasteiger partial charge in [-0.2, -0.15) is 0 Å². The standard InChI is InChI=1S/C15H18N2O3S/c16-14(21)15(7-3-4-8-15)17-13(18)12-9-19-10-5-1-2-6-11(10)20-12/h1-2,5-6,12H,3-4,7-9H2,(H2,16,21)(H,17,18). The molecule has 1 aliphatic carbocycles. The van der Waals surface area contributed by atoms with Crippen LogP contribution in [0.15, 0.2) is 24.3 Å². The highest BCUT2D eigenvalue weighted by molar-refractivity contribution is 7.80. The molecule has 5 nitrogen and oxygen atoms in total. The van der Waals surface area contributed by atoms with E-state index in [0.29, 0.717) is 16.5 Å². The van der Waals surface area contributed by atoms with Gasteiger partial charge in [0.25, 0.3) is 5.91 Å². The first-order chi connectivity index (χ1) is 10.1. The summed E-state index contributed by atoms with van der Waals surface area (Å²) in [5.74, 6) is 1.02. The Labute approximate surface area is 128 Å². The highest BCUT2D eigenvalue weighted by atomic mass is 32.1. The number of hydrogen-bond acceptors (Lipinski definition) is 4. The van der Waals surface area contributed by atoms with E-state index in [4.69, 9.17) is 27.4 Å². The lowest BCUT2D eigenvalue weighted by Crippen LogP contribution is -2.58. The molecule has 1 aliphatic heterocycles. The van der Waals surface area contributed by atoms with Crippen molar-refractivity contribution in [2.45, 2.75) is 37.3 Å². The Balaban J connectivity index is 1.71. The Morgan fingerprint density at radius 3 is 2.62 bits per heavy atom. The Hall–Kier alpha value is -1.82. The smallest absolute Gasteiger partial charge is 0.265 e. The molecule has 3 N–H and O–H groups in total. The first-order valence-corrected chi connectivity index (χ1v) is 7.52. The number of thiocarbonyl (C=S) groups is 1. The van der Waals surface area contributed by atoms with Gasteiger partial charge in [-0.1, -0.05) is 37.2 Å². The molecule has 3 rings (SSSR count). The Morgan fingerprint density at radius 2 is 1.95 bits per heavy atom. The fourth-order valence-electron chi connectivity index (χ4n) is 2.88. The maximum atomic E-state index is 12.4. The van der Waals surface area contributed by atoms with Crippen LogP contribution in [0.5, 0.6) is 11.5 Å². The fraction of sp³-hybridized carbons (Fsp3) is 0.467. The molecule has 1 saturated carbocycles. The summed E-state index contributed by atoms with van der Waals surface area (Å²) in [5.41, 5.74) is 5.27. The van der Waals surface area contributed by atoms with Crippen LogP contribution in [0.2, 0.25) is 0 Å². The number of carbonyl (C=O) groups excluding carboxylic acids is 1. The second-order valence-corrected chi connectivity index (χ2v) is 5.95. The molecule has 1 amide bonds. The van der Waals surface area contributed by atoms with Gasteiger partial charge in [-0.05, 0) is 25.0 Å². The van der Waals surface area contributed by atoms with Gasteiger partial charge in [0.2, 0.25) is 6.10 Å². The minimum Gasteiger partial charge on any atom is -0.485 e. The number of ether oxygens (including phenoxy) is 2. The van der Waals surface area contributed by atoms with Gasteiger partial charge in [-0.3, -0.25) is 4.79 Å². The van der Waals surface area contributed by atoms with E-state index in [2.05, 4.69) is 5.32 Å². The van der Waals surface area contributed by atoms with Crippen molar-refractivity contribution in [3.05, 3.63) is 24.3 Å². The molecular weight excluding hydrogens is 288 g/mol. The van der Waals surface area contributed by atoms with E-state index in [-0.39, 0.29) is 12.5 Å². The van der Waals surface area contributed by atoms with Crippen molar-refractivity contribution in [2.24, 2.45) is 5.73 Å². The van der Waals surface area contributed by atoms with E-state index in [0.717, 1.165) is 25.7 Å². The van der Waals surface area contributed by atoms with E-state index in [9.17, 15) is 4.79 Å². The van der Waals surface area contributed by atoms with E-state index in [1.54, 1.807) is 6.07 Å². The zero-order valence-electron chi connectivity index (χ0n) is 11.6. The fourth-order valence-corrected chi connectivity index (χ4v) is 3.13. The maximum Gasteiger partial charge on any atom is 0.265 e. The van der Waals surface area contributed by atoms with Crippen LogP contribution >= 0.6 is 12.2 Å². The molecule has 21 heavy (non-hydrogen) atoms. The molecule has 112 valence electrons. The molecule has 1 heterocycles. The third-order valence-electron chi connectivity index (χ3n) is 4.09. The summed E-state index contributed by atoms with van der Waals surface area (Å²) >= 11 is 5.14. The quantitative estimate of drug-likeness (QED) is 0.829. The van der Waals surface area contributed by atoms with Crippen LogP contribution in [0.3, 0.4) is 0 Å². The van der Waals surface area contributed by atoms with Crippen molar-refractivity contribution in [3.63, 3.8) is 0 Å². The molecule has 0 radical (unpaired) electrons. The number of carbonyl (C=O) groups is 1. The van der Waals surface area contributed by atoms with Crippen molar-refractivity contribution in [1.82, 2.24) is 5.32 Å². The third-order valence-corrected chi connectivity index (χ3v) is 4.48. The number of para-hydroxylation sites is 2. The van der Waals surface area contributed by atoms with Crippen molar-refractivity contribution < 1.29 is 14.3 Å². The zero-order valence-corrected chi connectivity index (χ0v) is 12.4. The molecule has 6 heteroatoms. The van der Waals surface area contributed by atoms with Crippen molar-refractivity contribution in [3.8, 4) is 11.5 Å². The van der Waals surface area contributed by atoms with Gasteiger partial charge < -0.3 is 20.5 Å². The lowest BCUT2D eigenvalue weighted by molar-refractivity contribution is -0.131. The molecule has 0 bridgehead atoms. The Morgan fingerprint density at radius 1 is 1.29 bits per heavy atom. The van der Waals surface area contributed by atoms with Gasteiger partial charge >= 0.3 is 0 Å². The lowest BCUT2D eigenvalue weighted by Gasteiger charge is -2.32. The summed E-state index contributed by atoms with van der Waals surface area (Å²) in [7, 11) is 0. The SMILES string of the molecule is NC(=S)C1(NC(=O)C2COc3ccccc3O2)CCCC1. The van der Waals surface area contributed by atoms with Gasteiger partial charge in [0.15, 0.2) is 11.5 Å². The zero-order chi connectivity index (χ0) is 14.9. The van der Waals surface area contributed by atoms with Gasteiger partial charge in [-0.15, -0.1) is 0 Å².